The molecule has 0 fully saturated rings. The van der Waals surface area contributed by atoms with Crippen molar-refractivity contribution in [3.8, 4) is 16.9 Å². The summed E-state index contributed by atoms with van der Waals surface area (Å²) in [7, 11) is 2.08. The highest BCUT2D eigenvalue weighted by Crippen LogP contribution is 2.47. The van der Waals surface area contributed by atoms with Crippen LogP contribution in [0.15, 0.2) is 48.7 Å². The molecule has 0 radical (unpaired) electrons. The number of hydrogen-bond acceptors (Lipinski definition) is 5. The Morgan fingerprint density at radius 3 is 2.75 bits per heavy atom. The van der Waals surface area contributed by atoms with E-state index in [1.54, 1.807) is 0 Å². The van der Waals surface area contributed by atoms with Gasteiger partial charge in [-0.1, -0.05) is 37.6 Å². The third-order valence-electron chi connectivity index (χ3n) is 7.44. The molecule has 2 aliphatic heterocycles. The normalized spacial score (nSPS) is 15.7. The quantitative estimate of drug-likeness (QED) is 0.332. The van der Waals surface area contributed by atoms with Gasteiger partial charge in [0.25, 0.3) is 0 Å². The maximum absolute atomic E-state index is 12.7. The van der Waals surface area contributed by atoms with Crippen LogP contribution in [0.25, 0.3) is 32.8 Å². The van der Waals surface area contributed by atoms with Crippen LogP contribution in [0, 0.1) is 0 Å². The van der Waals surface area contributed by atoms with E-state index in [9.17, 15) is 9.90 Å². The first kappa shape index (κ1) is 23.0. The van der Waals surface area contributed by atoms with E-state index < -0.39 is 12.1 Å². The number of fused-ring (bicyclic) bond motifs is 3. The molecule has 1 N–H and O–H groups in total. The van der Waals surface area contributed by atoms with E-state index in [-0.39, 0.29) is 0 Å². The van der Waals surface area contributed by atoms with Gasteiger partial charge in [-0.15, -0.1) is 0 Å². The van der Waals surface area contributed by atoms with Crippen molar-refractivity contribution in [2.75, 3.05) is 20.3 Å². The van der Waals surface area contributed by atoms with E-state index >= 15 is 0 Å². The Hall–Kier alpha value is -3.48. The minimum Gasteiger partial charge on any atom is -0.493 e. The lowest BCUT2D eigenvalue weighted by Crippen LogP contribution is -2.20. The summed E-state index contributed by atoms with van der Waals surface area (Å²) in [6, 6.07) is 14.4. The van der Waals surface area contributed by atoms with Crippen molar-refractivity contribution in [1.29, 1.82) is 0 Å². The van der Waals surface area contributed by atoms with Crippen molar-refractivity contribution in [2.45, 2.75) is 45.4 Å². The second-order valence-corrected chi connectivity index (χ2v) is 9.81. The molecule has 6 rings (SSSR count). The molecule has 2 aliphatic rings. The van der Waals surface area contributed by atoms with Gasteiger partial charge in [-0.25, -0.2) is 4.79 Å². The van der Waals surface area contributed by atoms with Crippen LogP contribution in [0.1, 0.15) is 48.1 Å². The van der Waals surface area contributed by atoms with E-state index in [0.29, 0.717) is 19.8 Å². The molecule has 0 amide bonds. The number of carboxylic acids is 1. The van der Waals surface area contributed by atoms with Crippen LogP contribution in [0.3, 0.4) is 0 Å². The lowest BCUT2D eigenvalue weighted by Gasteiger charge is -2.25. The molecule has 0 bridgehead atoms. The molecule has 184 valence electrons. The van der Waals surface area contributed by atoms with Gasteiger partial charge in [0, 0.05) is 48.8 Å². The minimum atomic E-state index is -1.06. The fraction of sp³-hybridized carbons (Fsp3) is 0.333. The van der Waals surface area contributed by atoms with Gasteiger partial charge in [0.2, 0.25) is 0 Å². The summed E-state index contributed by atoms with van der Waals surface area (Å²) in [5.41, 5.74) is 6.91. The molecule has 0 spiro atoms. The number of aliphatic carboxylic acids is 1. The number of carbonyl (C=O) groups is 1. The maximum atomic E-state index is 12.7. The number of ether oxygens (including phenoxy) is 2. The molecule has 3 aromatic carbocycles. The Balaban J connectivity index is 1.72. The molecule has 1 unspecified atom stereocenters. The molecular formula is C30H30N2O4. The Kier molecular flexibility index (Phi) is 5.86. The topological polar surface area (TPSA) is 71.9 Å². The first-order chi connectivity index (χ1) is 17.6. The number of carboxylic acid groups (broad SMARTS) is 1. The molecule has 6 heteroatoms. The monoisotopic (exact) mass is 482 g/mol. The van der Waals surface area contributed by atoms with Crippen molar-refractivity contribution in [2.24, 2.45) is 0 Å². The third kappa shape index (κ3) is 3.64. The lowest BCUT2D eigenvalue weighted by atomic mass is 9.83. The van der Waals surface area contributed by atoms with Gasteiger partial charge in [0.15, 0.2) is 6.10 Å². The molecule has 4 aromatic rings. The van der Waals surface area contributed by atoms with E-state index in [1.807, 2.05) is 24.4 Å². The molecule has 1 aromatic heterocycles. The van der Waals surface area contributed by atoms with Crippen molar-refractivity contribution >= 4 is 27.6 Å². The van der Waals surface area contributed by atoms with Gasteiger partial charge in [0.05, 0.1) is 12.1 Å². The van der Waals surface area contributed by atoms with E-state index in [2.05, 4.69) is 43.1 Å². The summed E-state index contributed by atoms with van der Waals surface area (Å²) >= 11 is 0. The van der Waals surface area contributed by atoms with Gasteiger partial charge in [0.1, 0.15) is 5.75 Å². The highest BCUT2D eigenvalue weighted by molar-refractivity contribution is 6.09. The second-order valence-electron chi connectivity index (χ2n) is 9.81. The zero-order chi connectivity index (χ0) is 24.8. The van der Waals surface area contributed by atoms with Crippen molar-refractivity contribution in [3.63, 3.8) is 0 Å². The molecule has 0 aliphatic carbocycles. The fourth-order valence-electron chi connectivity index (χ4n) is 5.85. The number of pyridine rings is 1. The summed E-state index contributed by atoms with van der Waals surface area (Å²) < 4.78 is 12.1. The zero-order valence-corrected chi connectivity index (χ0v) is 20.7. The SMILES string of the molecule is CCCCOC(C(=O)O)c1c2c(c3ccccc3c1-c1ccc3c4c(ccnc14)CCO3)CN(C)C2. The van der Waals surface area contributed by atoms with Crippen molar-refractivity contribution in [3.05, 3.63) is 70.9 Å². The standard InChI is InChI=1S/C30H30N2O4/c1-3-4-14-36-29(30(33)34)27-23-17-32(2)16-22(23)19-7-5-6-8-20(19)26(27)21-9-10-24-25-18(12-15-35-24)11-13-31-28(21)25/h5-11,13,29H,3-4,12,14-17H2,1-2H3,(H,33,34). The van der Waals surface area contributed by atoms with Crippen LogP contribution >= 0.6 is 0 Å². The average molecular weight is 483 g/mol. The fourth-order valence-corrected chi connectivity index (χ4v) is 5.85. The second kappa shape index (κ2) is 9.19. The van der Waals surface area contributed by atoms with Gasteiger partial charge in [-0.05, 0) is 64.7 Å². The van der Waals surface area contributed by atoms with Crippen LogP contribution in [0.4, 0.5) is 0 Å². The predicted molar refractivity (Wildman–Crippen MR) is 140 cm³/mol. The Labute approximate surface area is 210 Å². The highest BCUT2D eigenvalue weighted by Gasteiger charge is 2.34. The van der Waals surface area contributed by atoms with Crippen molar-refractivity contribution in [1.82, 2.24) is 9.88 Å². The zero-order valence-electron chi connectivity index (χ0n) is 20.7. The number of rotatable bonds is 7. The predicted octanol–water partition coefficient (Wildman–Crippen LogP) is 5.88. The van der Waals surface area contributed by atoms with E-state index in [0.717, 1.165) is 75.5 Å². The lowest BCUT2D eigenvalue weighted by molar-refractivity contribution is -0.151. The molecule has 0 saturated carbocycles. The Morgan fingerprint density at radius 1 is 1.14 bits per heavy atom. The van der Waals surface area contributed by atoms with Crippen LogP contribution in [0.5, 0.6) is 5.75 Å². The van der Waals surface area contributed by atoms with Crippen LogP contribution in [-0.2, 0) is 29.0 Å². The van der Waals surface area contributed by atoms with Gasteiger partial charge < -0.3 is 14.6 Å². The average Bonchev–Trinajstić information content (AvgIpc) is 3.28. The van der Waals surface area contributed by atoms with Crippen LogP contribution in [0.2, 0.25) is 0 Å². The minimum absolute atomic E-state index is 0.403. The first-order valence-electron chi connectivity index (χ1n) is 12.7. The van der Waals surface area contributed by atoms with Gasteiger partial charge in [-0.3, -0.25) is 9.88 Å². The number of unbranched alkanes of at least 4 members (excludes halogenated alkanes) is 1. The number of aromatic nitrogens is 1. The number of benzene rings is 3. The van der Waals surface area contributed by atoms with E-state index in [4.69, 9.17) is 14.5 Å². The summed E-state index contributed by atoms with van der Waals surface area (Å²) in [6.45, 7) is 4.59. The summed E-state index contributed by atoms with van der Waals surface area (Å²) in [5.74, 6) is -0.123. The highest BCUT2D eigenvalue weighted by atomic mass is 16.5. The summed E-state index contributed by atoms with van der Waals surface area (Å²) in [5, 5.41) is 13.7. The molecule has 0 saturated heterocycles. The van der Waals surface area contributed by atoms with Crippen LogP contribution < -0.4 is 4.74 Å². The van der Waals surface area contributed by atoms with Crippen LogP contribution in [-0.4, -0.2) is 41.2 Å². The molecular weight excluding hydrogens is 452 g/mol. The number of hydrogen-bond donors (Lipinski definition) is 1. The Morgan fingerprint density at radius 2 is 1.94 bits per heavy atom. The molecule has 3 heterocycles. The first-order valence-corrected chi connectivity index (χ1v) is 12.7. The molecule has 6 nitrogen and oxygen atoms in total. The van der Waals surface area contributed by atoms with E-state index in [1.165, 1.54) is 11.1 Å². The third-order valence-corrected chi connectivity index (χ3v) is 7.44. The maximum Gasteiger partial charge on any atom is 0.337 e. The molecule has 36 heavy (non-hydrogen) atoms. The Bertz CT molecular complexity index is 1490. The smallest absolute Gasteiger partial charge is 0.337 e. The van der Waals surface area contributed by atoms with Gasteiger partial charge in [-0.2, -0.15) is 0 Å². The summed E-state index contributed by atoms with van der Waals surface area (Å²) in [6.07, 6.45) is 3.38. The summed E-state index contributed by atoms with van der Waals surface area (Å²) in [4.78, 5) is 19.8. The molecule has 1 atom stereocenters. The number of nitrogens with zero attached hydrogens (tertiary/aromatic N) is 2. The van der Waals surface area contributed by atoms with Gasteiger partial charge >= 0.3 is 5.97 Å². The van der Waals surface area contributed by atoms with Crippen molar-refractivity contribution < 1.29 is 19.4 Å². The largest absolute Gasteiger partial charge is 0.493 e.